The number of fused-ring (bicyclic) bond motifs is 21. The molecule has 0 radical (unpaired) electrons. The average molecular weight is 1650 g/mol. The summed E-state index contributed by atoms with van der Waals surface area (Å²) in [6, 6.07) is 0. The average Bonchev–Trinajstić information content (AvgIpc) is 1.55. The Morgan fingerprint density at radius 3 is 1.14 bits per heavy atom. The highest BCUT2D eigenvalue weighted by atomic mass is 16.6. The lowest BCUT2D eigenvalue weighted by Crippen LogP contribution is -2.54. The van der Waals surface area contributed by atoms with E-state index in [0.717, 1.165) is 173 Å². The molecule has 0 aromatic carbocycles. The number of aliphatic hydroxyl groups excluding tert-OH is 2. The first kappa shape index (κ1) is 86.5. The van der Waals surface area contributed by atoms with Crippen LogP contribution in [0.2, 0.25) is 0 Å². The van der Waals surface area contributed by atoms with Crippen LogP contribution >= 0.6 is 0 Å². The van der Waals surface area contributed by atoms with Crippen molar-refractivity contribution in [1.29, 1.82) is 0 Å². The van der Waals surface area contributed by atoms with Gasteiger partial charge in [-0.05, 0) is 415 Å². The predicted octanol–water partition coefficient (Wildman–Crippen LogP) is 20.5. The van der Waals surface area contributed by atoms with E-state index in [9.17, 15) is 29.4 Å². The molecule has 0 aromatic heterocycles. The quantitative estimate of drug-likeness (QED) is 0.0856. The van der Waals surface area contributed by atoms with E-state index >= 15 is 14.4 Å². The number of aliphatic hydroxyl groups is 2. The Bertz CT molecular complexity index is 3830. The van der Waals surface area contributed by atoms with Crippen molar-refractivity contribution in [3.8, 4) is 0 Å². The maximum atomic E-state index is 15.8. The van der Waals surface area contributed by atoms with Crippen LogP contribution in [0, 0.1) is 229 Å². The number of carbonyl (C=O) groups is 7. The van der Waals surface area contributed by atoms with Gasteiger partial charge in [0, 0.05) is 50.4 Å². The van der Waals surface area contributed by atoms with Crippen molar-refractivity contribution in [2.75, 3.05) is 0 Å². The van der Waals surface area contributed by atoms with Gasteiger partial charge in [-0.25, -0.2) is 0 Å². The molecule has 0 amide bonds. The maximum Gasteiger partial charge on any atom is 0.309 e. The molecule has 3 aliphatic heterocycles. The minimum Gasteiger partial charge on any atom is -0.462 e. The molecule has 666 valence electrons. The van der Waals surface area contributed by atoms with Crippen molar-refractivity contribution < 1.29 is 72.2 Å². The summed E-state index contributed by atoms with van der Waals surface area (Å²) in [5, 5.41) is 24.0. The largest absolute Gasteiger partial charge is 0.462 e. The van der Waals surface area contributed by atoms with E-state index in [0.29, 0.717) is 198 Å². The van der Waals surface area contributed by atoms with Crippen LogP contribution in [0.4, 0.5) is 0 Å². The summed E-state index contributed by atoms with van der Waals surface area (Å²) in [6.07, 6.45) is 27.3. The van der Waals surface area contributed by atoms with Gasteiger partial charge in [0.25, 0.3) is 0 Å². The summed E-state index contributed by atoms with van der Waals surface area (Å²) < 4.78 is 41.7. The summed E-state index contributed by atoms with van der Waals surface area (Å²) in [5.41, 5.74) is -1.48. The monoisotopic (exact) mass is 1650 g/mol. The van der Waals surface area contributed by atoms with Crippen LogP contribution in [0.15, 0.2) is 0 Å². The molecular weight excluding hydrogens is 1490 g/mol. The van der Waals surface area contributed by atoms with Gasteiger partial charge in [-0.2, -0.15) is 0 Å². The zero-order valence-corrected chi connectivity index (χ0v) is 76.7. The first-order chi connectivity index (χ1) is 56.3. The molecule has 18 aliphatic rings. The van der Waals surface area contributed by atoms with Crippen molar-refractivity contribution in [3.63, 3.8) is 0 Å². The van der Waals surface area contributed by atoms with Crippen molar-refractivity contribution >= 4 is 41.2 Å². The first-order valence-corrected chi connectivity index (χ1v) is 50.4. The molecule has 6 bridgehead atoms. The number of carbonyl (C=O) groups excluding carboxylic acids is 7. The Labute approximate surface area is 716 Å². The molecule has 3 saturated heterocycles. The number of ether oxygens (including phenoxy) is 6. The molecule has 47 unspecified atom stereocenters. The lowest BCUT2D eigenvalue weighted by atomic mass is 9.47. The molecule has 15 aliphatic carbocycles. The first-order valence-electron chi connectivity index (χ1n) is 50.4. The smallest absolute Gasteiger partial charge is 0.309 e. The minimum atomic E-state index is -0.837. The van der Waals surface area contributed by atoms with E-state index < -0.39 is 29.4 Å². The molecule has 18 fully saturated rings. The third-order valence-corrected chi connectivity index (χ3v) is 43.6. The van der Waals surface area contributed by atoms with E-state index in [-0.39, 0.29) is 129 Å². The fourth-order valence-corrected chi connectivity index (χ4v) is 38.3. The van der Waals surface area contributed by atoms with Crippen molar-refractivity contribution in [2.24, 2.45) is 229 Å². The number of rotatable bonds is 20. The molecule has 15 nitrogen and oxygen atoms in total. The van der Waals surface area contributed by atoms with Crippen LogP contribution in [0.1, 0.15) is 330 Å². The second-order valence-electron chi connectivity index (χ2n) is 48.7. The lowest BCUT2D eigenvalue weighted by Gasteiger charge is -2.58. The highest BCUT2D eigenvalue weighted by molar-refractivity contribution is 5.77. The third kappa shape index (κ3) is 14.3. The lowest BCUT2D eigenvalue weighted by molar-refractivity contribution is -0.209. The Balaban J connectivity index is 0.564. The second kappa shape index (κ2) is 31.9. The molecule has 3 heterocycles. The van der Waals surface area contributed by atoms with Crippen LogP contribution in [-0.4, -0.2) is 99.1 Å². The predicted molar refractivity (Wildman–Crippen MR) is 455 cm³/mol. The van der Waals surface area contributed by atoms with Crippen LogP contribution < -0.4 is 0 Å². The Kier molecular flexibility index (Phi) is 23.2. The van der Waals surface area contributed by atoms with Gasteiger partial charge in [-0.1, -0.05) is 76.2 Å². The molecular formula is C104H160O15. The Morgan fingerprint density at radius 1 is 0.378 bits per heavy atom. The maximum absolute atomic E-state index is 15.8. The summed E-state index contributed by atoms with van der Waals surface area (Å²) in [4.78, 5) is 97.6. The molecule has 119 heavy (non-hydrogen) atoms. The third-order valence-electron chi connectivity index (χ3n) is 43.6. The fraction of sp³-hybridized carbons (Fsp3) is 0.933. The summed E-state index contributed by atoms with van der Waals surface area (Å²) in [7, 11) is 0. The van der Waals surface area contributed by atoms with E-state index in [2.05, 4.69) is 96.9 Å². The zero-order chi connectivity index (χ0) is 84.3. The highest BCUT2D eigenvalue weighted by Crippen LogP contribution is 2.75. The number of Topliss-reactive ketones (excluding diaryl/α,β-unsaturated/α-hetero) is 3. The normalized spacial score (nSPS) is 54.1. The van der Waals surface area contributed by atoms with E-state index in [4.69, 9.17) is 28.4 Å². The van der Waals surface area contributed by atoms with Gasteiger partial charge in [-0.15, -0.1) is 0 Å². The second-order valence-corrected chi connectivity index (χ2v) is 48.7. The summed E-state index contributed by atoms with van der Waals surface area (Å²) >= 11 is 0. The number of ketones is 3. The van der Waals surface area contributed by atoms with Gasteiger partial charge in [-0.3, -0.25) is 19.2 Å². The van der Waals surface area contributed by atoms with Crippen LogP contribution in [0.5, 0.6) is 0 Å². The standard InChI is InChI=1S/C104H160O15/c1-51(18-21-57(7)105)77-24-27-80-89-54(4)36-65-45-68(30-33-99(65,12)83(89)48-86(108)117-102(77,80)15)114-96(111)74-43-63-41-71(74)61(11)92(63)95-73-42-64(44-76(73)98(113)116-70-32-35-101(14)67(47-70)38-56(6)91-82-29-26-79(53(3)20-23-59(9)107)104(82,17)119-88(110)50-85(91)101)94(95)93-60(10)62-39-72(93)75(40-62)97(112)115-69-31-34-100(13)66(46-69)37-55(5)90-81-28-25-78(52(2)19-22-58(8)106)103(81,16)118-87(109)49-84(90)100/h51-56,60-86,88-95,108,110H,18-50H2,1-17H3. The van der Waals surface area contributed by atoms with Crippen molar-refractivity contribution in [3.05, 3.63) is 0 Å². The Hall–Kier alpha value is -3.27. The SMILES string of the molecule is CC(=O)CCC(C)C1CCC2C3C(C)CC4CC(OC(=O)C5CC6CC5C(C5C7CC(C(=O)OC8CCC9(C)C(C8)CC(C)C8C9CC(O)OC9(C)C(C(C)CCC(C)=O)CCC89)C(C7)C5C5C7CC(C(=O)OC8CCC9(C)C(C8)CC(C)C8C9CC(O)OC9(C)C(C(C)CCC(C)=O)CCC89)C(C7)C5C)C6C)CCC4(C)C3CC(=O)OC12C. The molecule has 47 atom stereocenters. The van der Waals surface area contributed by atoms with Gasteiger partial charge < -0.3 is 53.0 Å². The summed E-state index contributed by atoms with van der Waals surface area (Å²) in [5.74, 6) is 11.5. The number of hydrogen-bond acceptors (Lipinski definition) is 15. The molecule has 0 spiro atoms. The highest BCUT2D eigenvalue weighted by Gasteiger charge is 2.72. The number of esters is 4. The van der Waals surface area contributed by atoms with Gasteiger partial charge in [0.15, 0.2) is 12.6 Å². The molecule has 2 N–H and O–H groups in total. The van der Waals surface area contributed by atoms with Crippen molar-refractivity contribution in [1.82, 2.24) is 0 Å². The van der Waals surface area contributed by atoms with Crippen LogP contribution in [-0.2, 0) is 62.0 Å². The molecule has 0 aromatic rings. The van der Waals surface area contributed by atoms with E-state index in [1.165, 1.54) is 0 Å². The van der Waals surface area contributed by atoms with Gasteiger partial charge >= 0.3 is 23.9 Å². The Morgan fingerprint density at radius 2 is 0.731 bits per heavy atom. The fourth-order valence-electron chi connectivity index (χ4n) is 38.3. The van der Waals surface area contributed by atoms with Crippen LogP contribution in [0.25, 0.3) is 0 Å². The van der Waals surface area contributed by atoms with Gasteiger partial charge in [0.1, 0.15) is 41.3 Å². The number of hydrogen-bond donors (Lipinski definition) is 2. The zero-order valence-electron chi connectivity index (χ0n) is 76.7. The molecule has 18 rings (SSSR count). The van der Waals surface area contributed by atoms with Gasteiger partial charge in [0.05, 0.1) is 29.0 Å². The topological polar surface area (TPSA) is 215 Å². The molecule has 15 saturated carbocycles. The van der Waals surface area contributed by atoms with Crippen LogP contribution in [0.3, 0.4) is 0 Å². The molecule has 15 heteroatoms. The van der Waals surface area contributed by atoms with E-state index in [1.54, 1.807) is 20.8 Å². The van der Waals surface area contributed by atoms with E-state index in [1.807, 2.05) is 0 Å². The minimum absolute atomic E-state index is 0.00311. The van der Waals surface area contributed by atoms with Crippen molar-refractivity contribution in [2.45, 2.75) is 377 Å². The van der Waals surface area contributed by atoms with Gasteiger partial charge in [0.2, 0.25) is 0 Å². The summed E-state index contributed by atoms with van der Waals surface area (Å²) in [6.45, 7) is 38.7.